The highest BCUT2D eigenvalue weighted by Crippen LogP contribution is 2.41. The molecule has 1 heterocycles. The Hall–Kier alpha value is -2.69. The van der Waals surface area contributed by atoms with Gasteiger partial charge >= 0.3 is 6.18 Å². The Balaban J connectivity index is 1.88. The summed E-state index contributed by atoms with van der Waals surface area (Å²) >= 11 is 0. The smallest absolute Gasteiger partial charge is 0.392 e. The third-order valence-electron chi connectivity index (χ3n) is 5.05. The summed E-state index contributed by atoms with van der Waals surface area (Å²) in [4.78, 5) is 0. The quantitative estimate of drug-likeness (QED) is 0.613. The van der Waals surface area contributed by atoms with Gasteiger partial charge in [-0.2, -0.15) is 13.2 Å². The fourth-order valence-corrected chi connectivity index (χ4v) is 3.79. The zero-order valence-electron chi connectivity index (χ0n) is 14.1. The Morgan fingerprint density at radius 3 is 2.42 bits per heavy atom. The van der Waals surface area contributed by atoms with E-state index < -0.39 is 12.1 Å². The van der Waals surface area contributed by atoms with Crippen molar-refractivity contribution in [1.82, 2.24) is 4.57 Å². The van der Waals surface area contributed by atoms with Crippen LogP contribution in [-0.4, -0.2) is 10.7 Å². The molecule has 4 rings (SSSR count). The molecular formula is C21H19F3N2. The Bertz CT molecular complexity index is 926. The number of halogens is 3. The SMILES string of the molecule is Nc1cccc(-n2c(-c3ccccc3)cc3c2CCC(C(F)(F)F)C3)c1. The third kappa shape index (κ3) is 2.98. The van der Waals surface area contributed by atoms with Crippen LogP contribution in [0.25, 0.3) is 16.9 Å². The lowest BCUT2D eigenvalue weighted by molar-refractivity contribution is -0.177. The number of anilines is 1. The Morgan fingerprint density at radius 1 is 0.962 bits per heavy atom. The summed E-state index contributed by atoms with van der Waals surface area (Å²) in [5.74, 6) is -1.27. The van der Waals surface area contributed by atoms with Crippen LogP contribution >= 0.6 is 0 Å². The van der Waals surface area contributed by atoms with Gasteiger partial charge in [-0.3, -0.25) is 0 Å². The first-order valence-corrected chi connectivity index (χ1v) is 8.65. The van der Waals surface area contributed by atoms with Gasteiger partial charge in [0, 0.05) is 17.1 Å². The second kappa shape index (κ2) is 6.24. The van der Waals surface area contributed by atoms with Gasteiger partial charge in [-0.05, 0) is 54.7 Å². The summed E-state index contributed by atoms with van der Waals surface area (Å²) in [7, 11) is 0. The van der Waals surface area contributed by atoms with E-state index in [0.29, 0.717) is 12.1 Å². The summed E-state index contributed by atoms with van der Waals surface area (Å²) in [5, 5.41) is 0. The van der Waals surface area contributed by atoms with Crippen LogP contribution in [0.5, 0.6) is 0 Å². The number of rotatable bonds is 2. The second-order valence-corrected chi connectivity index (χ2v) is 6.78. The topological polar surface area (TPSA) is 30.9 Å². The van der Waals surface area contributed by atoms with Crippen LogP contribution in [-0.2, 0) is 12.8 Å². The first-order chi connectivity index (χ1) is 12.4. The normalized spacial score (nSPS) is 17.1. The number of nitrogens with zero attached hydrogens (tertiary/aromatic N) is 1. The predicted octanol–water partition coefficient (Wildman–Crippen LogP) is 5.39. The number of nitrogens with two attached hydrogens (primary N) is 1. The summed E-state index contributed by atoms with van der Waals surface area (Å²) < 4.78 is 41.7. The monoisotopic (exact) mass is 356 g/mol. The molecule has 0 spiro atoms. The van der Waals surface area contributed by atoms with Crippen molar-refractivity contribution in [3.63, 3.8) is 0 Å². The van der Waals surface area contributed by atoms with E-state index in [1.165, 1.54) is 0 Å². The lowest BCUT2D eigenvalue weighted by atomic mass is 9.87. The minimum atomic E-state index is -4.15. The molecule has 1 aliphatic rings. The van der Waals surface area contributed by atoms with Gasteiger partial charge in [-0.25, -0.2) is 0 Å². The number of alkyl halides is 3. The summed E-state index contributed by atoms with van der Waals surface area (Å²) in [6, 6.07) is 19.1. The molecule has 1 atom stereocenters. The van der Waals surface area contributed by atoms with E-state index >= 15 is 0 Å². The molecule has 1 aromatic heterocycles. The van der Waals surface area contributed by atoms with Crippen molar-refractivity contribution in [3.05, 3.63) is 71.9 Å². The van der Waals surface area contributed by atoms with Gasteiger partial charge in [0.15, 0.2) is 0 Å². The van der Waals surface area contributed by atoms with Gasteiger partial charge in [0.1, 0.15) is 0 Å². The first kappa shape index (κ1) is 16.8. The van der Waals surface area contributed by atoms with E-state index in [0.717, 1.165) is 28.2 Å². The van der Waals surface area contributed by atoms with Crippen LogP contribution in [0, 0.1) is 5.92 Å². The molecule has 134 valence electrons. The maximum atomic E-state index is 13.2. The first-order valence-electron chi connectivity index (χ1n) is 8.65. The highest BCUT2D eigenvalue weighted by atomic mass is 19.4. The van der Waals surface area contributed by atoms with Crippen LogP contribution in [0.15, 0.2) is 60.7 Å². The van der Waals surface area contributed by atoms with E-state index in [9.17, 15) is 13.2 Å². The van der Waals surface area contributed by atoms with Gasteiger partial charge in [0.2, 0.25) is 0 Å². The molecule has 1 aliphatic carbocycles. The molecule has 5 heteroatoms. The number of hydrogen-bond donors (Lipinski definition) is 1. The van der Waals surface area contributed by atoms with E-state index in [-0.39, 0.29) is 12.8 Å². The van der Waals surface area contributed by atoms with Crippen LogP contribution < -0.4 is 5.73 Å². The van der Waals surface area contributed by atoms with E-state index in [4.69, 9.17) is 5.73 Å². The molecule has 0 aliphatic heterocycles. The zero-order chi connectivity index (χ0) is 18.3. The van der Waals surface area contributed by atoms with Crippen molar-refractivity contribution in [2.24, 2.45) is 5.92 Å². The minimum absolute atomic E-state index is 0.0357. The highest BCUT2D eigenvalue weighted by Gasteiger charge is 2.42. The Kier molecular flexibility index (Phi) is 4.02. The van der Waals surface area contributed by atoms with Gasteiger partial charge in [0.25, 0.3) is 0 Å². The molecule has 2 nitrogen and oxygen atoms in total. The van der Waals surface area contributed by atoms with E-state index in [1.54, 1.807) is 6.07 Å². The molecule has 0 saturated heterocycles. The lowest BCUT2D eigenvalue weighted by Gasteiger charge is -2.26. The molecule has 26 heavy (non-hydrogen) atoms. The number of hydrogen-bond acceptors (Lipinski definition) is 1. The highest BCUT2D eigenvalue weighted by molar-refractivity contribution is 5.67. The van der Waals surface area contributed by atoms with Crippen molar-refractivity contribution < 1.29 is 13.2 Å². The standard InChI is InChI=1S/C21H19F3N2/c22-21(23,24)16-9-10-19-15(11-16)12-20(14-5-2-1-3-6-14)26(19)18-8-4-7-17(25)13-18/h1-8,12-13,16H,9-11,25H2. The molecule has 0 amide bonds. The zero-order valence-corrected chi connectivity index (χ0v) is 14.1. The maximum absolute atomic E-state index is 13.2. The van der Waals surface area contributed by atoms with Crippen LogP contribution in [0.4, 0.5) is 18.9 Å². The molecule has 0 fully saturated rings. The van der Waals surface area contributed by atoms with Gasteiger partial charge in [0.05, 0.1) is 11.6 Å². The Morgan fingerprint density at radius 2 is 1.73 bits per heavy atom. The number of aromatic nitrogens is 1. The molecule has 0 radical (unpaired) electrons. The average Bonchev–Trinajstić information content (AvgIpc) is 3.00. The molecule has 2 aromatic carbocycles. The van der Waals surface area contributed by atoms with Crippen molar-refractivity contribution in [3.8, 4) is 16.9 Å². The predicted molar refractivity (Wildman–Crippen MR) is 97.2 cm³/mol. The van der Waals surface area contributed by atoms with E-state index in [2.05, 4.69) is 4.57 Å². The van der Waals surface area contributed by atoms with Crippen LogP contribution in [0.3, 0.4) is 0 Å². The number of benzene rings is 2. The minimum Gasteiger partial charge on any atom is -0.399 e. The summed E-state index contributed by atoms with van der Waals surface area (Å²) in [6.45, 7) is 0. The van der Waals surface area contributed by atoms with Gasteiger partial charge in [-0.15, -0.1) is 0 Å². The third-order valence-corrected chi connectivity index (χ3v) is 5.05. The van der Waals surface area contributed by atoms with Gasteiger partial charge < -0.3 is 10.3 Å². The van der Waals surface area contributed by atoms with Crippen molar-refractivity contribution in [2.75, 3.05) is 5.73 Å². The number of nitrogen functional groups attached to an aromatic ring is 1. The van der Waals surface area contributed by atoms with Crippen LogP contribution in [0.1, 0.15) is 17.7 Å². The number of fused-ring (bicyclic) bond motifs is 1. The fraction of sp³-hybridized carbons (Fsp3) is 0.238. The Labute approximate surface area is 150 Å². The molecule has 2 N–H and O–H groups in total. The fourth-order valence-electron chi connectivity index (χ4n) is 3.79. The molecule has 0 bridgehead atoms. The average molecular weight is 356 g/mol. The van der Waals surface area contributed by atoms with E-state index in [1.807, 2.05) is 54.6 Å². The van der Waals surface area contributed by atoms with Crippen molar-refractivity contribution >= 4 is 5.69 Å². The second-order valence-electron chi connectivity index (χ2n) is 6.78. The van der Waals surface area contributed by atoms with Crippen molar-refractivity contribution in [2.45, 2.75) is 25.4 Å². The molecule has 1 unspecified atom stereocenters. The summed E-state index contributed by atoms with van der Waals surface area (Å²) in [5.41, 5.74) is 11.1. The molecule has 0 saturated carbocycles. The molecular weight excluding hydrogens is 337 g/mol. The lowest BCUT2D eigenvalue weighted by Crippen LogP contribution is -2.29. The molecule has 3 aromatic rings. The largest absolute Gasteiger partial charge is 0.399 e. The summed E-state index contributed by atoms with van der Waals surface area (Å²) in [6.07, 6.45) is -3.59. The van der Waals surface area contributed by atoms with Gasteiger partial charge in [-0.1, -0.05) is 36.4 Å². The van der Waals surface area contributed by atoms with Crippen LogP contribution in [0.2, 0.25) is 0 Å². The maximum Gasteiger partial charge on any atom is 0.392 e. The van der Waals surface area contributed by atoms with Crippen molar-refractivity contribution in [1.29, 1.82) is 0 Å².